The van der Waals surface area contributed by atoms with Gasteiger partial charge in [0, 0.05) is 0 Å². The van der Waals surface area contributed by atoms with Crippen molar-refractivity contribution in [3.63, 3.8) is 0 Å². The number of esters is 1. The molecular formula is C17H19NO3. The van der Waals surface area contributed by atoms with E-state index in [0.29, 0.717) is 31.1 Å². The van der Waals surface area contributed by atoms with Crippen molar-refractivity contribution >= 4 is 5.97 Å². The highest BCUT2D eigenvalue weighted by molar-refractivity contribution is 5.90. The van der Waals surface area contributed by atoms with E-state index in [1.54, 1.807) is 26.0 Å². The average molecular weight is 285 g/mol. The summed E-state index contributed by atoms with van der Waals surface area (Å²) in [5.74, 6) is -0.334. The zero-order valence-corrected chi connectivity index (χ0v) is 12.3. The molecule has 2 rings (SSSR count). The Balaban J connectivity index is 1.93. The molecule has 0 atom stereocenters. The molecule has 0 N–H and O–H groups in total. The van der Waals surface area contributed by atoms with Crippen LogP contribution in [0.15, 0.2) is 42.5 Å². The minimum atomic E-state index is -0.334. The number of hydrogen-bond donors (Lipinski definition) is 0. The number of benzene rings is 1. The molecule has 0 amide bonds. The van der Waals surface area contributed by atoms with E-state index in [9.17, 15) is 4.79 Å². The van der Waals surface area contributed by atoms with E-state index in [-0.39, 0.29) is 5.97 Å². The molecular weight excluding hydrogens is 266 g/mol. The molecule has 0 radical (unpaired) electrons. The van der Waals surface area contributed by atoms with Gasteiger partial charge in [0.25, 0.3) is 0 Å². The zero-order chi connectivity index (χ0) is 15.1. The minimum Gasteiger partial charge on any atom is -0.462 e. The normalized spacial score (nSPS) is 10.4. The second-order valence-electron chi connectivity index (χ2n) is 4.63. The summed E-state index contributed by atoms with van der Waals surface area (Å²) in [6.07, 6.45) is 0. The number of aryl methyl sites for hydroxylation is 1. The van der Waals surface area contributed by atoms with Crippen LogP contribution in [0.5, 0.6) is 0 Å². The summed E-state index contributed by atoms with van der Waals surface area (Å²) in [4.78, 5) is 16.1. The van der Waals surface area contributed by atoms with Crippen molar-refractivity contribution in [2.75, 3.05) is 6.61 Å². The van der Waals surface area contributed by atoms with Crippen molar-refractivity contribution in [3.8, 4) is 0 Å². The Morgan fingerprint density at radius 3 is 2.52 bits per heavy atom. The summed E-state index contributed by atoms with van der Waals surface area (Å²) >= 11 is 0. The predicted octanol–water partition coefficient (Wildman–Crippen LogP) is 3.28. The fourth-order valence-corrected chi connectivity index (χ4v) is 1.97. The van der Waals surface area contributed by atoms with Gasteiger partial charge in [0.1, 0.15) is 0 Å². The Kier molecular flexibility index (Phi) is 5.46. The molecule has 1 aromatic carbocycles. The van der Waals surface area contributed by atoms with Crippen LogP contribution in [0.2, 0.25) is 0 Å². The van der Waals surface area contributed by atoms with Gasteiger partial charge >= 0.3 is 5.97 Å². The number of ether oxygens (including phenoxy) is 2. The summed E-state index contributed by atoms with van der Waals surface area (Å²) in [5.41, 5.74) is 3.09. The molecule has 2 aromatic rings. The van der Waals surface area contributed by atoms with Crippen molar-refractivity contribution in [1.82, 2.24) is 4.98 Å². The lowest BCUT2D eigenvalue weighted by molar-refractivity contribution is 0.0524. The number of carbonyl (C=O) groups excluding carboxylic acids is 1. The summed E-state index contributed by atoms with van der Waals surface area (Å²) in [6, 6.07) is 13.5. The molecule has 0 fully saturated rings. The molecule has 0 aliphatic heterocycles. The van der Waals surface area contributed by atoms with Crippen LogP contribution in [-0.2, 0) is 22.7 Å². The monoisotopic (exact) mass is 285 g/mol. The van der Waals surface area contributed by atoms with E-state index in [0.717, 1.165) is 11.3 Å². The molecule has 0 unspecified atom stereocenters. The Bertz CT molecular complexity index is 596. The molecule has 21 heavy (non-hydrogen) atoms. The summed E-state index contributed by atoms with van der Waals surface area (Å²) in [7, 11) is 0. The predicted molar refractivity (Wildman–Crippen MR) is 79.9 cm³/mol. The third kappa shape index (κ3) is 4.39. The maximum absolute atomic E-state index is 11.7. The number of carbonyl (C=O) groups is 1. The molecule has 0 saturated heterocycles. The number of pyridine rings is 1. The molecule has 0 saturated carbocycles. The maximum atomic E-state index is 11.7. The van der Waals surface area contributed by atoms with Gasteiger partial charge in [0.05, 0.1) is 36.8 Å². The van der Waals surface area contributed by atoms with Gasteiger partial charge in [-0.25, -0.2) is 4.79 Å². The SMILES string of the molecule is CCOC(=O)c1ccc(COCc2ccccc2)nc1C. The Morgan fingerprint density at radius 2 is 1.86 bits per heavy atom. The Morgan fingerprint density at radius 1 is 1.10 bits per heavy atom. The lowest BCUT2D eigenvalue weighted by atomic mass is 10.2. The smallest absolute Gasteiger partial charge is 0.339 e. The van der Waals surface area contributed by atoms with Crippen LogP contribution >= 0.6 is 0 Å². The van der Waals surface area contributed by atoms with Gasteiger partial charge in [-0.15, -0.1) is 0 Å². The fraction of sp³-hybridized carbons (Fsp3) is 0.294. The number of nitrogens with zero attached hydrogens (tertiary/aromatic N) is 1. The summed E-state index contributed by atoms with van der Waals surface area (Å²) < 4.78 is 10.6. The van der Waals surface area contributed by atoms with Gasteiger partial charge in [-0.1, -0.05) is 30.3 Å². The topological polar surface area (TPSA) is 48.4 Å². The van der Waals surface area contributed by atoms with Crippen molar-refractivity contribution < 1.29 is 14.3 Å². The van der Waals surface area contributed by atoms with Crippen molar-refractivity contribution in [1.29, 1.82) is 0 Å². The van der Waals surface area contributed by atoms with Crippen molar-refractivity contribution in [2.45, 2.75) is 27.1 Å². The van der Waals surface area contributed by atoms with E-state index in [2.05, 4.69) is 4.98 Å². The third-order valence-electron chi connectivity index (χ3n) is 3.00. The van der Waals surface area contributed by atoms with Crippen LogP contribution in [0.1, 0.15) is 34.2 Å². The van der Waals surface area contributed by atoms with Gasteiger partial charge in [-0.05, 0) is 31.5 Å². The largest absolute Gasteiger partial charge is 0.462 e. The number of hydrogen-bond acceptors (Lipinski definition) is 4. The quantitative estimate of drug-likeness (QED) is 0.764. The van der Waals surface area contributed by atoms with Crippen LogP contribution in [0.4, 0.5) is 0 Å². The van der Waals surface area contributed by atoms with Gasteiger partial charge in [-0.3, -0.25) is 4.98 Å². The first-order chi connectivity index (χ1) is 10.2. The first-order valence-electron chi connectivity index (χ1n) is 6.96. The molecule has 4 nitrogen and oxygen atoms in total. The van der Waals surface area contributed by atoms with E-state index in [4.69, 9.17) is 9.47 Å². The average Bonchev–Trinajstić information content (AvgIpc) is 2.48. The highest BCUT2D eigenvalue weighted by Gasteiger charge is 2.11. The van der Waals surface area contributed by atoms with Crippen LogP contribution < -0.4 is 0 Å². The van der Waals surface area contributed by atoms with E-state index < -0.39 is 0 Å². The first-order valence-corrected chi connectivity index (χ1v) is 6.96. The number of aromatic nitrogens is 1. The van der Waals surface area contributed by atoms with Crippen LogP contribution in [-0.4, -0.2) is 17.6 Å². The van der Waals surface area contributed by atoms with Gasteiger partial charge < -0.3 is 9.47 Å². The van der Waals surface area contributed by atoms with E-state index in [1.165, 1.54) is 0 Å². The molecule has 1 heterocycles. The molecule has 110 valence electrons. The van der Waals surface area contributed by atoms with Crippen LogP contribution in [0.3, 0.4) is 0 Å². The fourth-order valence-electron chi connectivity index (χ4n) is 1.97. The number of rotatable bonds is 6. The molecule has 0 bridgehead atoms. The molecule has 1 aromatic heterocycles. The minimum absolute atomic E-state index is 0.334. The Labute approximate surface area is 124 Å². The van der Waals surface area contributed by atoms with Crippen molar-refractivity contribution in [2.24, 2.45) is 0 Å². The lowest BCUT2D eigenvalue weighted by Crippen LogP contribution is -2.09. The lowest BCUT2D eigenvalue weighted by Gasteiger charge is -2.08. The summed E-state index contributed by atoms with van der Waals surface area (Å²) in [5, 5.41) is 0. The van der Waals surface area contributed by atoms with Gasteiger partial charge in [0.15, 0.2) is 0 Å². The summed E-state index contributed by atoms with van der Waals surface area (Å²) in [6.45, 7) is 4.90. The van der Waals surface area contributed by atoms with Gasteiger partial charge in [0.2, 0.25) is 0 Å². The van der Waals surface area contributed by atoms with Crippen molar-refractivity contribution in [3.05, 3.63) is 65.0 Å². The second-order valence-corrected chi connectivity index (χ2v) is 4.63. The maximum Gasteiger partial charge on any atom is 0.339 e. The highest BCUT2D eigenvalue weighted by atomic mass is 16.5. The van der Waals surface area contributed by atoms with Crippen LogP contribution in [0, 0.1) is 6.92 Å². The first kappa shape index (κ1) is 15.2. The van der Waals surface area contributed by atoms with Gasteiger partial charge in [-0.2, -0.15) is 0 Å². The zero-order valence-electron chi connectivity index (χ0n) is 12.3. The van der Waals surface area contributed by atoms with E-state index >= 15 is 0 Å². The standard InChI is InChI=1S/C17H19NO3/c1-3-21-17(19)16-10-9-15(18-13(16)2)12-20-11-14-7-5-4-6-8-14/h4-10H,3,11-12H2,1-2H3. The molecule has 4 heteroatoms. The Hall–Kier alpha value is -2.20. The molecule has 0 aliphatic carbocycles. The molecule has 0 spiro atoms. The van der Waals surface area contributed by atoms with Crippen LogP contribution in [0.25, 0.3) is 0 Å². The highest BCUT2D eigenvalue weighted by Crippen LogP contribution is 2.10. The van der Waals surface area contributed by atoms with E-state index in [1.807, 2.05) is 30.3 Å². The second kappa shape index (κ2) is 7.55. The molecule has 0 aliphatic rings. The third-order valence-corrected chi connectivity index (χ3v) is 3.00.